The van der Waals surface area contributed by atoms with E-state index in [2.05, 4.69) is 10.4 Å². The Hall–Kier alpha value is -3.16. The van der Waals surface area contributed by atoms with E-state index in [1.54, 1.807) is 0 Å². The van der Waals surface area contributed by atoms with Gasteiger partial charge in [0.2, 0.25) is 0 Å². The van der Waals surface area contributed by atoms with Crippen molar-refractivity contribution in [2.45, 2.75) is 12.6 Å². The number of alkyl halides is 3. The largest absolute Gasteiger partial charge is 0.417 e. The number of rotatable bonds is 5. The number of nitrogens with one attached hydrogen (secondary N) is 2. The third-order valence-electron chi connectivity index (χ3n) is 3.38. The molecule has 2 aromatic carbocycles. The minimum atomic E-state index is -4.54. The number of carbonyl (C=O) groups is 2. The lowest BCUT2D eigenvalue weighted by Gasteiger charge is -2.09. The summed E-state index contributed by atoms with van der Waals surface area (Å²) in [6.07, 6.45) is -3.15. The molecule has 0 aliphatic heterocycles. The smallest absolute Gasteiger partial charge is 0.347 e. The Balaban J connectivity index is 1.84. The Bertz CT molecular complexity index is 790. The van der Waals surface area contributed by atoms with Crippen molar-refractivity contribution in [1.82, 2.24) is 10.7 Å². The van der Waals surface area contributed by atoms with E-state index in [1.807, 2.05) is 35.8 Å². The highest BCUT2D eigenvalue weighted by molar-refractivity contribution is 6.35. The van der Waals surface area contributed by atoms with E-state index in [9.17, 15) is 22.8 Å². The van der Waals surface area contributed by atoms with Gasteiger partial charge in [0.1, 0.15) is 0 Å². The maximum absolute atomic E-state index is 12.8. The lowest BCUT2D eigenvalue weighted by Crippen LogP contribution is -2.38. The molecule has 5 nitrogen and oxygen atoms in total. The van der Waals surface area contributed by atoms with Gasteiger partial charge in [-0.25, -0.2) is 5.43 Å². The van der Waals surface area contributed by atoms with E-state index in [1.165, 1.54) is 18.2 Å². The van der Waals surface area contributed by atoms with Crippen LogP contribution in [0.4, 0.5) is 13.2 Å². The minimum absolute atomic E-state index is 0.218. The van der Waals surface area contributed by atoms with Crippen LogP contribution in [0.3, 0.4) is 0 Å². The lowest BCUT2D eigenvalue weighted by molar-refractivity contribution is -0.139. The molecule has 0 aliphatic rings. The molecule has 0 fully saturated rings. The fraction of sp³-hybridized carbons (Fsp3) is 0.167. The minimum Gasteiger partial charge on any atom is -0.347 e. The Labute approximate surface area is 147 Å². The van der Waals surface area contributed by atoms with Crippen LogP contribution in [0.2, 0.25) is 0 Å². The average molecular weight is 363 g/mol. The van der Waals surface area contributed by atoms with Crippen LogP contribution in [-0.4, -0.2) is 24.6 Å². The first-order valence-corrected chi connectivity index (χ1v) is 7.69. The summed E-state index contributed by atoms with van der Waals surface area (Å²) in [5, 5.41) is 5.83. The molecule has 0 saturated carbocycles. The first kappa shape index (κ1) is 19.2. The predicted octanol–water partition coefficient (Wildman–Crippen LogP) is 2.51. The molecule has 0 heterocycles. The van der Waals surface area contributed by atoms with Gasteiger partial charge in [-0.3, -0.25) is 9.59 Å². The predicted molar refractivity (Wildman–Crippen MR) is 90.3 cm³/mol. The number of carbonyl (C=O) groups excluding carboxylic acids is 2. The van der Waals surface area contributed by atoms with Crippen LogP contribution in [0.5, 0.6) is 0 Å². The average Bonchev–Trinajstić information content (AvgIpc) is 2.62. The summed E-state index contributed by atoms with van der Waals surface area (Å²) in [5.41, 5.74) is 1.80. The summed E-state index contributed by atoms with van der Waals surface area (Å²) >= 11 is 0. The van der Waals surface area contributed by atoms with Crippen LogP contribution in [0.1, 0.15) is 16.7 Å². The number of hydrazone groups is 1. The fourth-order valence-corrected chi connectivity index (χ4v) is 2.12. The van der Waals surface area contributed by atoms with Crippen molar-refractivity contribution in [3.8, 4) is 0 Å². The van der Waals surface area contributed by atoms with Gasteiger partial charge in [-0.15, -0.1) is 0 Å². The van der Waals surface area contributed by atoms with E-state index in [0.717, 1.165) is 17.8 Å². The molecule has 0 saturated heterocycles. The number of nitrogens with zero attached hydrogens (tertiary/aromatic N) is 1. The third-order valence-corrected chi connectivity index (χ3v) is 3.38. The molecule has 0 bridgehead atoms. The molecule has 0 unspecified atom stereocenters. The van der Waals surface area contributed by atoms with Gasteiger partial charge in [-0.05, 0) is 18.1 Å². The van der Waals surface area contributed by atoms with Crippen molar-refractivity contribution in [1.29, 1.82) is 0 Å². The van der Waals surface area contributed by atoms with Gasteiger partial charge in [0.15, 0.2) is 0 Å². The molecule has 0 aromatic heterocycles. The van der Waals surface area contributed by atoms with Gasteiger partial charge in [-0.1, -0.05) is 48.5 Å². The summed E-state index contributed by atoms with van der Waals surface area (Å²) < 4.78 is 38.5. The second-order valence-corrected chi connectivity index (χ2v) is 5.28. The Morgan fingerprint density at radius 1 is 0.962 bits per heavy atom. The molecular weight excluding hydrogens is 347 g/mol. The molecular formula is C18H16F3N3O2. The van der Waals surface area contributed by atoms with E-state index in [0.29, 0.717) is 6.42 Å². The van der Waals surface area contributed by atoms with Gasteiger partial charge < -0.3 is 5.32 Å². The molecule has 2 rings (SSSR count). The van der Waals surface area contributed by atoms with Crippen molar-refractivity contribution in [2.24, 2.45) is 5.10 Å². The SMILES string of the molecule is O=C(NCCc1ccccc1)C(=O)NN=Cc1ccccc1C(F)(F)F. The quantitative estimate of drug-likeness (QED) is 0.487. The van der Waals surface area contributed by atoms with Crippen LogP contribution in [0.15, 0.2) is 59.7 Å². The molecule has 136 valence electrons. The topological polar surface area (TPSA) is 70.6 Å². The van der Waals surface area contributed by atoms with Crippen LogP contribution in [0, 0.1) is 0 Å². The van der Waals surface area contributed by atoms with Gasteiger partial charge >= 0.3 is 18.0 Å². The highest BCUT2D eigenvalue weighted by Gasteiger charge is 2.32. The maximum Gasteiger partial charge on any atom is 0.417 e. The second-order valence-electron chi connectivity index (χ2n) is 5.28. The van der Waals surface area contributed by atoms with E-state index in [-0.39, 0.29) is 12.1 Å². The lowest BCUT2D eigenvalue weighted by atomic mass is 10.1. The second kappa shape index (κ2) is 8.80. The number of hydrogen-bond acceptors (Lipinski definition) is 3. The van der Waals surface area contributed by atoms with Crippen molar-refractivity contribution >= 4 is 18.0 Å². The first-order chi connectivity index (χ1) is 12.4. The molecule has 0 spiro atoms. The summed E-state index contributed by atoms with van der Waals surface area (Å²) in [6.45, 7) is 0.247. The number of halogens is 3. The molecule has 8 heteroatoms. The summed E-state index contributed by atoms with van der Waals surface area (Å²) in [5.74, 6) is -1.97. The molecule has 0 atom stereocenters. The van der Waals surface area contributed by atoms with E-state index in [4.69, 9.17) is 0 Å². The van der Waals surface area contributed by atoms with Gasteiger partial charge in [0.25, 0.3) is 0 Å². The van der Waals surface area contributed by atoms with Gasteiger partial charge in [-0.2, -0.15) is 18.3 Å². The summed E-state index contributed by atoms with van der Waals surface area (Å²) in [7, 11) is 0. The number of amides is 2. The molecule has 0 radical (unpaired) electrons. The normalized spacial score (nSPS) is 11.3. The summed E-state index contributed by atoms with van der Waals surface area (Å²) in [4.78, 5) is 23.2. The molecule has 2 aromatic rings. The van der Waals surface area contributed by atoms with Crippen LogP contribution >= 0.6 is 0 Å². The van der Waals surface area contributed by atoms with Crippen molar-refractivity contribution in [2.75, 3.05) is 6.54 Å². The molecule has 26 heavy (non-hydrogen) atoms. The molecule has 2 amide bonds. The number of hydrogen-bond donors (Lipinski definition) is 2. The zero-order valence-corrected chi connectivity index (χ0v) is 13.6. The van der Waals surface area contributed by atoms with E-state index < -0.39 is 23.6 Å². The summed E-state index contributed by atoms with van der Waals surface area (Å²) in [6, 6.07) is 14.1. The van der Waals surface area contributed by atoms with Crippen molar-refractivity contribution in [3.05, 3.63) is 71.3 Å². The molecule has 2 N–H and O–H groups in total. The Kier molecular flexibility index (Phi) is 6.48. The Morgan fingerprint density at radius 2 is 1.62 bits per heavy atom. The number of benzene rings is 2. The van der Waals surface area contributed by atoms with Gasteiger partial charge in [0, 0.05) is 12.1 Å². The van der Waals surface area contributed by atoms with Crippen molar-refractivity contribution < 1.29 is 22.8 Å². The highest BCUT2D eigenvalue weighted by atomic mass is 19.4. The van der Waals surface area contributed by atoms with E-state index >= 15 is 0 Å². The van der Waals surface area contributed by atoms with Gasteiger partial charge in [0.05, 0.1) is 11.8 Å². The monoisotopic (exact) mass is 363 g/mol. The Morgan fingerprint density at radius 3 is 2.31 bits per heavy atom. The first-order valence-electron chi connectivity index (χ1n) is 7.69. The molecule has 0 aliphatic carbocycles. The standard InChI is InChI=1S/C18H16F3N3O2/c19-18(20,21)15-9-5-4-8-14(15)12-23-24-17(26)16(25)22-11-10-13-6-2-1-3-7-13/h1-9,12H,10-11H2,(H,22,25)(H,24,26). The van der Waals surface area contributed by atoms with Crippen LogP contribution < -0.4 is 10.7 Å². The maximum atomic E-state index is 12.8. The highest BCUT2D eigenvalue weighted by Crippen LogP contribution is 2.30. The third kappa shape index (κ3) is 5.73. The van der Waals surface area contributed by atoms with Crippen LogP contribution in [0.25, 0.3) is 0 Å². The fourth-order valence-electron chi connectivity index (χ4n) is 2.12. The zero-order valence-electron chi connectivity index (χ0n) is 13.6. The van der Waals surface area contributed by atoms with Crippen LogP contribution in [-0.2, 0) is 22.2 Å². The zero-order chi connectivity index (χ0) is 19.0. The van der Waals surface area contributed by atoms with Crippen molar-refractivity contribution in [3.63, 3.8) is 0 Å².